The Bertz CT molecular complexity index is 5710. The number of hydrogen-bond donors (Lipinski definition) is 0. The van der Waals surface area contributed by atoms with Gasteiger partial charge in [0.15, 0.2) is 23.3 Å². The first-order valence-electron chi connectivity index (χ1n) is 40.9. The van der Waals surface area contributed by atoms with E-state index in [9.17, 15) is 36.7 Å². The molecule has 12 aromatic rings. The molecule has 12 atom stereocenters. The maximum atomic E-state index is 14.9. The van der Waals surface area contributed by atoms with Crippen LogP contribution in [0.4, 0.5) is 17.6 Å². The summed E-state index contributed by atoms with van der Waals surface area (Å²) in [7, 11) is 0. The van der Waals surface area contributed by atoms with Crippen molar-refractivity contribution < 1.29 is 55.7 Å². The Morgan fingerprint density at radius 2 is 0.732 bits per heavy atom. The first kappa shape index (κ1) is 82.8. The summed E-state index contributed by atoms with van der Waals surface area (Å²) in [5.41, 5.74) is 3.36. The van der Waals surface area contributed by atoms with Crippen LogP contribution in [0.2, 0.25) is 15.1 Å². The highest BCUT2D eigenvalue weighted by Crippen LogP contribution is 2.44. The molecule has 25 nitrogen and oxygen atoms in total. The molecule has 4 amide bonds. The van der Waals surface area contributed by atoms with Gasteiger partial charge in [0.2, 0.25) is 23.5 Å². The molecule has 8 aromatic heterocycles. The normalized spacial score (nSPS) is 22.5. The number of ether oxygens (including phenoxy) is 4. The largest absolute Gasteiger partial charge is 0.472 e. The standard InChI is InChI=1S/3C23H20ClFN4O2.C22H22FN5O2/c24-15-3-7-21(28-12-15)31-20-10-14-2-6-19(20)29(13-14)23(30)17-5-4-16(25)11-18(17)22-26-8-1-9-27-22;24-15-3-7-21(28-12-15)31-20-10-14-2-6-19(20)29(13-14)23(30)18-11-16(25)4-5-17(18)22-26-8-1-9-27-22;24-15-6-8-20(28-12-15)31-19-11-14-5-7-18(19)29(13-14)23(30)21-16(3-1-4-17(21)25)22-26-9-2-10-27-22;1-14-5-8-20(24-12-14)30-19-11-15-6-7-18(19)27(13-15)22(29)16-3-2-4-17(23)21(16)28-25-9-10-26-28/h2*1,3-5,7-9,11-12,14,19-20H,2,6,10,13H2;1-4,6,8-10,12,14,18-19H,5,7,11,13H2;2-5,8-10,12,15,18-19H,6-7,11,13H2,1H3. The van der Waals surface area contributed by atoms with Crippen LogP contribution in [0, 0.1) is 53.9 Å². The third-order valence-electron chi connectivity index (χ3n) is 23.9. The molecule has 32 heteroatoms. The Morgan fingerprint density at radius 1 is 0.350 bits per heavy atom. The van der Waals surface area contributed by atoms with Crippen LogP contribution < -0.4 is 18.9 Å². The lowest BCUT2D eigenvalue weighted by atomic mass is 9.77. The maximum Gasteiger partial charge on any atom is 0.257 e. The minimum Gasteiger partial charge on any atom is -0.472 e. The van der Waals surface area contributed by atoms with Gasteiger partial charge >= 0.3 is 0 Å². The Balaban J connectivity index is 0.000000116. The van der Waals surface area contributed by atoms with Gasteiger partial charge in [-0.25, -0.2) is 67.4 Å². The molecular formula is C91H82Cl3F4N17O8. The van der Waals surface area contributed by atoms with E-state index in [-0.39, 0.29) is 94.6 Å². The Kier molecular flexibility index (Phi) is 25.0. The second-order valence-corrected chi connectivity index (χ2v) is 33.1. The van der Waals surface area contributed by atoms with Crippen molar-refractivity contribution in [2.75, 3.05) is 26.2 Å². The fourth-order valence-electron chi connectivity index (χ4n) is 18.3. The monoisotopic (exact) mass is 1720 g/mol. The topological polar surface area (TPSA) is 278 Å². The van der Waals surface area contributed by atoms with Crippen molar-refractivity contribution in [2.24, 2.45) is 23.7 Å². The SMILES string of the molecule is Cc1ccc(OC2CC3CCC2N(C(=O)c2cccc(F)c2-n2nccn2)C3)nc1.O=C(c1c(F)cccc1-c1ncccn1)N1CC2CCC1C(Oc1ccc(Cl)cn1)C2.O=C(c1cc(F)ccc1-c1ncccn1)N1CC2CCC1C(Oc1ccc(Cl)cn1)C2.O=C(c1ccc(F)cc1-c1ncccn1)N1CC2CCC1C(Oc1ccc(Cl)cn1)C2. The van der Waals surface area contributed by atoms with Crippen molar-refractivity contribution in [1.29, 1.82) is 0 Å². The van der Waals surface area contributed by atoms with Gasteiger partial charge < -0.3 is 38.5 Å². The van der Waals surface area contributed by atoms with Gasteiger partial charge in [0, 0.05) is 129 Å². The van der Waals surface area contributed by atoms with E-state index in [1.54, 1.807) is 146 Å². The zero-order chi connectivity index (χ0) is 84.8. The van der Waals surface area contributed by atoms with E-state index in [1.165, 1.54) is 61.1 Å². The molecule has 0 spiro atoms. The number of carbonyl (C=O) groups excluding carboxylic acids is 4. The van der Waals surface area contributed by atoms with Crippen molar-refractivity contribution in [1.82, 2.24) is 84.4 Å². The fourth-order valence-corrected chi connectivity index (χ4v) is 18.6. The number of pyridine rings is 4. The lowest BCUT2D eigenvalue weighted by Gasteiger charge is -2.49. The lowest BCUT2D eigenvalue weighted by Crippen LogP contribution is -2.59. The quantitative estimate of drug-likeness (QED) is 0.0813. The molecule has 12 aliphatic rings. The first-order chi connectivity index (χ1) is 59.9. The van der Waals surface area contributed by atoms with Gasteiger partial charge in [-0.15, -0.1) is 4.80 Å². The van der Waals surface area contributed by atoms with Crippen molar-refractivity contribution in [3.63, 3.8) is 0 Å². The number of fused-ring (bicyclic) bond motifs is 12. The van der Waals surface area contributed by atoms with Crippen LogP contribution in [0.3, 0.4) is 0 Å². The smallest absolute Gasteiger partial charge is 0.257 e. The molecule has 123 heavy (non-hydrogen) atoms. The molecule has 4 saturated carbocycles. The van der Waals surface area contributed by atoms with E-state index in [4.69, 9.17) is 53.8 Å². The highest BCUT2D eigenvalue weighted by molar-refractivity contribution is 6.31. The van der Waals surface area contributed by atoms with Crippen LogP contribution in [-0.4, -0.2) is 183 Å². The van der Waals surface area contributed by atoms with Gasteiger partial charge in [-0.1, -0.05) is 59.1 Å². The molecule has 12 unspecified atom stereocenters. The molecule has 4 aromatic carbocycles. The van der Waals surface area contributed by atoms with Crippen molar-refractivity contribution >= 4 is 58.4 Å². The zero-order valence-electron chi connectivity index (χ0n) is 66.5. The number of rotatable bonds is 16. The van der Waals surface area contributed by atoms with Crippen LogP contribution in [0.15, 0.2) is 214 Å². The van der Waals surface area contributed by atoms with Crippen molar-refractivity contribution in [3.05, 3.63) is 280 Å². The van der Waals surface area contributed by atoms with E-state index in [0.717, 1.165) is 87.4 Å². The van der Waals surface area contributed by atoms with Crippen molar-refractivity contribution in [3.8, 4) is 63.4 Å². The second kappa shape index (κ2) is 37.1. The number of benzene rings is 4. The summed E-state index contributed by atoms with van der Waals surface area (Å²) >= 11 is 17.7. The van der Waals surface area contributed by atoms with E-state index in [2.05, 4.69) is 60.0 Å². The van der Waals surface area contributed by atoms with Gasteiger partial charge in [0.05, 0.1) is 73.9 Å². The summed E-state index contributed by atoms with van der Waals surface area (Å²) in [6.07, 6.45) is 29.2. The highest BCUT2D eigenvalue weighted by atomic mass is 35.5. The summed E-state index contributed by atoms with van der Waals surface area (Å²) in [6.45, 7) is 4.49. The number of aromatic nitrogens is 13. The maximum absolute atomic E-state index is 14.9. The van der Waals surface area contributed by atoms with E-state index in [0.29, 0.717) is 128 Å². The predicted octanol–water partition coefficient (Wildman–Crippen LogP) is 16.4. The third-order valence-corrected chi connectivity index (χ3v) is 24.6. The molecule has 8 saturated heterocycles. The van der Waals surface area contributed by atoms with Crippen LogP contribution in [0.5, 0.6) is 23.5 Å². The van der Waals surface area contributed by atoms with Crippen LogP contribution in [0.25, 0.3) is 39.9 Å². The summed E-state index contributed by atoms with van der Waals surface area (Å²) in [5.74, 6) is 1.43. The average Bonchev–Trinajstić information content (AvgIpc) is 1.24. The van der Waals surface area contributed by atoms with Gasteiger partial charge in [0.1, 0.15) is 47.6 Å². The number of piperidine rings is 8. The predicted molar refractivity (Wildman–Crippen MR) is 447 cm³/mol. The molecule has 0 N–H and O–H groups in total. The highest BCUT2D eigenvalue weighted by Gasteiger charge is 2.50. The number of aryl methyl sites for hydroxylation is 1. The summed E-state index contributed by atoms with van der Waals surface area (Å²) in [6, 6.07) is 36.2. The molecule has 24 rings (SSSR count). The van der Waals surface area contributed by atoms with Crippen LogP contribution in [0.1, 0.15) is 124 Å². The number of carbonyl (C=O) groups is 4. The molecule has 0 radical (unpaired) electrons. The Hall–Kier alpha value is -12.5. The number of para-hydroxylation sites is 1. The minimum atomic E-state index is -0.576. The Labute approximate surface area is 720 Å². The molecule has 16 heterocycles. The minimum absolute atomic E-state index is 0.00428. The van der Waals surface area contributed by atoms with Crippen LogP contribution in [-0.2, 0) is 0 Å². The van der Waals surface area contributed by atoms with Crippen molar-refractivity contribution in [2.45, 2.75) is 133 Å². The lowest BCUT2D eigenvalue weighted by molar-refractivity contribution is -0.0315. The Morgan fingerprint density at radius 3 is 1.16 bits per heavy atom. The number of hydrogen-bond acceptors (Lipinski definition) is 20. The van der Waals surface area contributed by atoms with E-state index in [1.807, 2.05) is 33.8 Å². The van der Waals surface area contributed by atoms with Gasteiger partial charge in [0.25, 0.3) is 23.6 Å². The molecule has 8 bridgehead atoms. The van der Waals surface area contributed by atoms with Gasteiger partial charge in [-0.2, -0.15) is 10.2 Å². The number of amides is 4. The molecule has 12 fully saturated rings. The van der Waals surface area contributed by atoms with E-state index < -0.39 is 23.3 Å². The van der Waals surface area contributed by atoms with Crippen LogP contribution >= 0.6 is 34.8 Å². The average molecular weight is 1720 g/mol. The fraction of sp³-hybridized carbons (Fsp3) is 0.319. The third kappa shape index (κ3) is 18.7. The number of halogens is 7. The first-order valence-corrected chi connectivity index (χ1v) is 42.0. The van der Waals surface area contributed by atoms with Gasteiger partial charge in [-0.3, -0.25) is 19.2 Å². The molecule has 628 valence electrons. The summed E-state index contributed by atoms with van der Waals surface area (Å²) in [5, 5.41) is 9.66. The van der Waals surface area contributed by atoms with E-state index >= 15 is 0 Å². The molecule has 8 aliphatic heterocycles. The second-order valence-electron chi connectivity index (χ2n) is 31.8. The summed E-state index contributed by atoms with van der Waals surface area (Å²) in [4.78, 5) is 105. The number of nitrogens with zero attached hydrogens (tertiary/aromatic N) is 17. The zero-order valence-corrected chi connectivity index (χ0v) is 68.7. The van der Waals surface area contributed by atoms with Gasteiger partial charge in [-0.05, 0) is 204 Å². The summed E-state index contributed by atoms with van der Waals surface area (Å²) < 4.78 is 82.2. The molecular weight excluding hydrogens is 1640 g/mol. The molecule has 4 aliphatic carbocycles.